The molecule has 1 rings (SSSR count). The molecule has 8 nitrogen and oxygen atoms in total. The lowest BCUT2D eigenvalue weighted by Gasteiger charge is -2.32. The summed E-state index contributed by atoms with van der Waals surface area (Å²) in [6, 6.07) is 5.33. The molecule has 3 N–H and O–H groups in total. The third-order valence-corrected chi connectivity index (χ3v) is 4.42. The zero-order chi connectivity index (χ0) is 23.6. The number of hydrogen-bond donors (Lipinski definition) is 3. The fourth-order valence-corrected chi connectivity index (χ4v) is 3.20. The van der Waals surface area contributed by atoms with Gasteiger partial charge in [-0.15, -0.1) is 0 Å². The Morgan fingerprint density at radius 2 is 1.84 bits per heavy atom. The number of nitrogens with one attached hydrogen (secondary N) is 2. The van der Waals surface area contributed by atoms with Gasteiger partial charge >= 0.3 is 6.09 Å². The highest BCUT2D eigenvalue weighted by atomic mass is 16.6. The van der Waals surface area contributed by atoms with Crippen molar-refractivity contribution in [2.45, 2.75) is 78.5 Å². The molecule has 3 amide bonds. The first kappa shape index (κ1) is 26.3. The number of alkyl carbamates (subject to hydrolysis) is 1. The Hall–Kier alpha value is -2.77. The van der Waals surface area contributed by atoms with E-state index < -0.39 is 23.6 Å². The maximum absolute atomic E-state index is 13.2. The van der Waals surface area contributed by atoms with E-state index in [0.717, 1.165) is 12.8 Å². The SMILES string of the molecule is CCCC(C)NC(=O)C(c1cccc(O)c1)N(CCC)C(=O)CNC(=O)OC(C)(C)C. The molecule has 8 heteroatoms. The average molecular weight is 436 g/mol. The van der Waals surface area contributed by atoms with E-state index in [4.69, 9.17) is 4.74 Å². The van der Waals surface area contributed by atoms with Gasteiger partial charge in [0, 0.05) is 12.6 Å². The molecule has 2 atom stereocenters. The molecule has 0 fully saturated rings. The Kier molecular flexibility index (Phi) is 10.3. The second kappa shape index (κ2) is 12.2. The second-order valence-corrected chi connectivity index (χ2v) is 8.64. The monoisotopic (exact) mass is 435 g/mol. The molecule has 0 saturated carbocycles. The van der Waals surface area contributed by atoms with Crippen LogP contribution in [0.5, 0.6) is 5.75 Å². The molecular weight excluding hydrogens is 398 g/mol. The summed E-state index contributed by atoms with van der Waals surface area (Å²) in [7, 11) is 0. The second-order valence-electron chi connectivity index (χ2n) is 8.64. The van der Waals surface area contributed by atoms with Crippen molar-refractivity contribution in [2.24, 2.45) is 0 Å². The van der Waals surface area contributed by atoms with E-state index in [9.17, 15) is 19.5 Å². The molecule has 1 aromatic carbocycles. The highest BCUT2D eigenvalue weighted by Gasteiger charge is 2.32. The van der Waals surface area contributed by atoms with Crippen LogP contribution < -0.4 is 10.6 Å². The molecule has 0 aliphatic rings. The highest BCUT2D eigenvalue weighted by molar-refractivity contribution is 5.90. The molecule has 1 aromatic rings. The van der Waals surface area contributed by atoms with E-state index in [1.807, 2.05) is 20.8 Å². The lowest BCUT2D eigenvalue weighted by atomic mass is 10.0. The van der Waals surface area contributed by atoms with Crippen molar-refractivity contribution < 1.29 is 24.2 Å². The van der Waals surface area contributed by atoms with Gasteiger partial charge in [-0.25, -0.2) is 4.79 Å². The highest BCUT2D eigenvalue weighted by Crippen LogP contribution is 2.25. The Labute approximate surface area is 185 Å². The summed E-state index contributed by atoms with van der Waals surface area (Å²) >= 11 is 0. The molecule has 0 saturated heterocycles. The molecule has 0 radical (unpaired) electrons. The van der Waals surface area contributed by atoms with Crippen LogP contribution in [0.1, 0.15) is 72.4 Å². The average Bonchev–Trinajstić information content (AvgIpc) is 2.64. The van der Waals surface area contributed by atoms with Crippen LogP contribution in [0.2, 0.25) is 0 Å². The normalized spacial score (nSPS) is 13.1. The number of ether oxygens (including phenoxy) is 1. The molecule has 0 aliphatic heterocycles. The van der Waals surface area contributed by atoms with E-state index in [1.165, 1.54) is 17.0 Å². The van der Waals surface area contributed by atoms with E-state index >= 15 is 0 Å². The minimum absolute atomic E-state index is 0.00711. The van der Waals surface area contributed by atoms with Gasteiger partial charge in [0.15, 0.2) is 0 Å². The zero-order valence-corrected chi connectivity index (χ0v) is 19.5. The van der Waals surface area contributed by atoms with Crippen LogP contribution in [-0.2, 0) is 14.3 Å². The first-order valence-electron chi connectivity index (χ1n) is 10.8. The number of nitrogens with zero attached hydrogens (tertiary/aromatic N) is 1. The Morgan fingerprint density at radius 1 is 1.16 bits per heavy atom. The van der Waals surface area contributed by atoms with Crippen molar-refractivity contribution in [2.75, 3.05) is 13.1 Å². The molecule has 0 aromatic heterocycles. The minimum Gasteiger partial charge on any atom is -0.508 e. The number of hydrogen-bond acceptors (Lipinski definition) is 5. The Morgan fingerprint density at radius 3 is 2.39 bits per heavy atom. The van der Waals surface area contributed by atoms with Crippen LogP contribution in [0.25, 0.3) is 0 Å². The summed E-state index contributed by atoms with van der Waals surface area (Å²) < 4.78 is 5.18. The quantitative estimate of drug-likeness (QED) is 0.521. The molecule has 174 valence electrons. The Balaban J connectivity index is 3.12. The predicted molar refractivity (Wildman–Crippen MR) is 120 cm³/mol. The Bertz CT molecular complexity index is 745. The summed E-state index contributed by atoms with van der Waals surface area (Å²) in [6.07, 6.45) is 1.63. The van der Waals surface area contributed by atoms with Crippen molar-refractivity contribution in [3.63, 3.8) is 0 Å². The number of benzene rings is 1. The molecule has 0 spiro atoms. The molecule has 0 bridgehead atoms. The maximum atomic E-state index is 13.2. The minimum atomic E-state index is -0.931. The van der Waals surface area contributed by atoms with Gasteiger partial charge in [-0.2, -0.15) is 0 Å². The summed E-state index contributed by atoms with van der Waals surface area (Å²) in [5.41, 5.74) is -0.185. The molecular formula is C23H37N3O5. The third kappa shape index (κ3) is 9.27. The van der Waals surface area contributed by atoms with Gasteiger partial charge in [0.2, 0.25) is 11.8 Å². The lowest BCUT2D eigenvalue weighted by molar-refractivity contribution is -0.140. The first-order valence-corrected chi connectivity index (χ1v) is 10.8. The third-order valence-electron chi connectivity index (χ3n) is 4.42. The van der Waals surface area contributed by atoms with Crippen LogP contribution in [0.4, 0.5) is 4.79 Å². The fraction of sp³-hybridized carbons (Fsp3) is 0.609. The lowest BCUT2D eigenvalue weighted by Crippen LogP contribution is -2.49. The van der Waals surface area contributed by atoms with Crippen LogP contribution in [0.15, 0.2) is 24.3 Å². The summed E-state index contributed by atoms with van der Waals surface area (Å²) in [5, 5.41) is 15.4. The molecule has 2 unspecified atom stereocenters. The number of amides is 3. The van der Waals surface area contributed by atoms with Gasteiger partial charge in [-0.3, -0.25) is 9.59 Å². The fourth-order valence-electron chi connectivity index (χ4n) is 3.20. The first-order chi connectivity index (χ1) is 14.5. The van der Waals surface area contributed by atoms with E-state index in [-0.39, 0.29) is 24.2 Å². The summed E-state index contributed by atoms with van der Waals surface area (Å²) in [4.78, 5) is 39.6. The van der Waals surface area contributed by atoms with Crippen molar-refractivity contribution in [1.82, 2.24) is 15.5 Å². The predicted octanol–water partition coefficient (Wildman–Crippen LogP) is 3.50. The van der Waals surface area contributed by atoms with Crippen LogP contribution in [0, 0.1) is 0 Å². The largest absolute Gasteiger partial charge is 0.508 e. The summed E-state index contributed by atoms with van der Waals surface area (Å²) in [5.74, 6) is -0.738. The molecule has 31 heavy (non-hydrogen) atoms. The van der Waals surface area contributed by atoms with E-state index in [1.54, 1.807) is 32.9 Å². The standard InChI is InChI=1S/C23H37N3O5/c1-7-10-16(3)25-21(29)20(17-11-9-12-18(27)14-17)26(13-8-2)19(28)15-24-22(30)31-23(4,5)6/h9,11-12,14,16,20,27H,7-8,10,13,15H2,1-6H3,(H,24,30)(H,25,29). The summed E-state index contributed by atoms with van der Waals surface area (Å²) in [6.45, 7) is 11.1. The van der Waals surface area contributed by atoms with Crippen LogP contribution >= 0.6 is 0 Å². The van der Waals surface area contributed by atoms with Crippen LogP contribution in [0.3, 0.4) is 0 Å². The molecule has 0 aliphatic carbocycles. The topological polar surface area (TPSA) is 108 Å². The number of carbonyl (C=O) groups excluding carboxylic acids is 3. The van der Waals surface area contributed by atoms with Crippen LogP contribution in [-0.4, -0.2) is 52.6 Å². The number of aromatic hydroxyl groups is 1. The van der Waals surface area contributed by atoms with Gasteiger partial charge in [0.1, 0.15) is 23.9 Å². The van der Waals surface area contributed by atoms with E-state index in [0.29, 0.717) is 18.5 Å². The number of phenols is 1. The smallest absolute Gasteiger partial charge is 0.408 e. The van der Waals surface area contributed by atoms with Gasteiger partial charge in [0.05, 0.1) is 0 Å². The number of carbonyl (C=O) groups is 3. The van der Waals surface area contributed by atoms with Gasteiger partial charge in [-0.1, -0.05) is 32.4 Å². The van der Waals surface area contributed by atoms with Crippen molar-refractivity contribution in [3.05, 3.63) is 29.8 Å². The number of rotatable bonds is 10. The van der Waals surface area contributed by atoms with Crippen molar-refractivity contribution >= 4 is 17.9 Å². The zero-order valence-electron chi connectivity index (χ0n) is 19.5. The van der Waals surface area contributed by atoms with Gasteiger partial charge < -0.3 is 25.4 Å². The molecule has 0 heterocycles. The number of phenolic OH excluding ortho intramolecular Hbond substituents is 1. The van der Waals surface area contributed by atoms with E-state index in [2.05, 4.69) is 10.6 Å². The maximum Gasteiger partial charge on any atom is 0.408 e. The van der Waals surface area contributed by atoms with Gasteiger partial charge in [0.25, 0.3) is 0 Å². The van der Waals surface area contributed by atoms with Gasteiger partial charge in [-0.05, 0) is 58.2 Å². The van der Waals surface area contributed by atoms with Crippen molar-refractivity contribution in [1.29, 1.82) is 0 Å². The van der Waals surface area contributed by atoms with Crippen molar-refractivity contribution in [3.8, 4) is 5.75 Å².